The molecule has 5 nitrogen and oxygen atoms in total. The van der Waals surface area contributed by atoms with Crippen molar-refractivity contribution in [2.45, 2.75) is 12.8 Å². The van der Waals surface area contributed by atoms with Gasteiger partial charge in [0.25, 0.3) is 0 Å². The molecule has 1 aromatic rings. The largest absolute Gasteiger partial charge is 0.480 e. The normalized spacial score (nSPS) is 25.6. The van der Waals surface area contributed by atoms with Crippen LogP contribution < -0.4 is 0 Å². The Bertz CT molecular complexity index is 403. The Kier molecular flexibility index (Phi) is 3.02. The molecule has 1 fully saturated rings. The van der Waals surface area contributed by atoms with Crippen LogP contribution in [0.4, 0.5) is 0 Å². The lowest BCUT2D eigenvalue weighted by atomic mass is 9.77. The molecule has 0 radical (unpaired) electrons. The fraction of sp³-hybridized carbons (Fsp3) is 0.500. The second kappa shape index (κ2) is 4.31. The van der Waals surface area contributed by atoms with Crippen LogP contribution >= 0.6 is 11.3 Å². The van der Waals surface area contributed by atoms with Crippen LogP contribution in [-0.4, -0.2) is 35.1 Å². The van der Waals surface area contributed by atoms with E-state index >= 15 is 0 Å². The SMILES string of the molecule is O=C(O)C1(Cc2cscn2)COCCC1=O. The van der Waals surface area contributed by atoms with Gasteiger partial charge < -0.3 is 9.84 Å². The zero-order chi connectivity index (χ0) is 11.6. The van der Waals surface area contributed by atoms with E-state index in [4.69, 9.17) is 4.74 Å². The maximum Gasteiger partial charge on any atom is 0.319 e. The van der Waals surface area contributed by atoms with E-state index in [1.54, 1.807) is 10.9 Å². The van der Waals surface area contributed by atoms with Crippen LogP contribution in [0.1, 0.15) is 12.1 Å². The summed E-state index contributed by atoms with van der Waals surface area (Å²) >= 11 is 1.38. The summed E-state index contributed by atoms with van der Waals surface area (Å²) in [4.78, 5) is 27.1. The highest BCUT2D eigenvalue weighted by Crippen LogP contribution is 2.30. The summed E-state index contributed by atoms with van der Waals surface area (Å²) in [5.74, 6) is -1.38. The first kappa shape index (κ1) is 11.2. The van der Waals surface area contributed by atoms with Gasteiger partial charge >= 0.3 is 5.97 Å². The summed E-state index contributed by atoms with van der Waals surface area (Å²) in [6.07, 6.45) is 0.279. The number of rotatable bonds is 3. The summed E-state index contributed by atoms with van der Waals surface area (Å²) in [6.45, 7) is 0.254. The van der Waals surface area contributed by atoms with Crippen molar-refractivity contribution in [3.8, 4) is 0 Å². The average Bonchev–Trinajstić information content (AvgIpc) is 2.74. The zero-order valence-electron chi connectivity index (χ0n) is 8.51. The van der Waals surface area contributed by atoms with Crippen molar-refractivity contribution < 1.29 is 19.4 Å². The molecular formula is C10H11NO4S. The molecule has 1 unspecified atom stereocenters. The number of carboxylic acids is 1. The van der Waals surface area contributed by atoms with Gasteiger partial charge in [-0.2, -0.15) is 0 Å². The molecule has 2 heterocycles. The minimum atomic E-state index is -1.44. The number of aromatic nitrogens is 1. The van der Waals surface area contributed by atoms with Crippen molar-refractivity contribution in [3.05, 3.63) is 16.6 Å². The summed E-state index contributed by atoms with van der Waals surface area (Å²) < 4.78 is 5.14. The molecule has 0 amide bonds. The number of thiazole rings is 1. The van der Waals surface area contributed by atoms with Crippen LogP contribution in [0.15, 0.2) is 10.9 Å². The van der Waals surface area contributed by atoms with Crippen LogP contribution in [0.3, 0.4) is 0 Å². The molecule has 0 saturated carbocycles. The summed E-state index contributed by atoms with van der Waals surface area (Å²) in [5.41, 5.74) is 0.817. The Balaban J connectivity index is 2.27. The molecule has 0 spiro atoms. The van der Waals surface area contributed by atoms with Crippen molar-refractivity contribution in [2.75, 3.05) is 13.2 Å². The van der Waals surface area contributed by atoms with E-state index in [1.165, 1.54) is 11.3 Å². The van der Waals surface area contributed by atoms with Crippen LogP contribution in [0.25, 0.3) is 0 Å². The number of nitrogens with zero attached hydrogens (tertiary/aromatic N) is 1. The van der Waals surface area contributed by atoms with E-state index in [2.05, 4.69) is 4.98 Å². The van der Waals surface area contributed by atoms with E-state index in [0.717, 1.165) is 0 Å². The summed E-state index contributed by atoms with van der Waals surface area (Å²) in [5, 5.41) is 11.0. The van der Waals surface area contributed by atoms with Gasteiger partial charge in [-0.15, -0.1) is 11.3 Å². The maximum atomic E-state index is 11.8. The molecule has 16 heavy (non-hydrogen) atoms. The average molecular weight is 241 g/mol. The van der Waals surface area contributed by atoms with E-state index in [9.17, 15) is 14.7 Å². The lowest BCUT2D eigenvalue weighted by molar-refractivity contribution is -0.164. The van der Waals surface area contributed by atoms with E-state index < -0.39 is 11.4 Å². The van der Waals surface area contributed by atoms with Crippen molar-refractivity contribution in [1.82, 2.24) is 4.98 Å². The van der Waals surface area contributed by atoms with Crippen LogP contribution in [0.2, 0.25) is 0 Å². The van der Waals surface area contributed by atoms with E-state index in [-0.39, 0.29) is 25.2 Å². The second-order valence-electron chi connectivity index (χ2n) is 3.77. The summed E-state index contributed by atoms with van der Waals surface area (Å²) in [6, 6.07) is 0. The van der Waals surface area contributed by atoms with Crippen LogP contribution in [-0.2, 0) is 20.7 Å². The second-order valence-corrected chi connectivity index (χ2v) is 4.49. The Morgan fingerprint density at radius 1 is 1.69 bits per heavy atom. The molecule has 0 aromatic carbocycles. The first-order chi connectivity index (χ1) is 7.65. The highest BCUT2D eigenvalue weighted by atomic mass is 32.1. The molecule has 1 aliphatic rings. The Morgan fingerprint density at radius 2 is 2.50 bits per heavy atom. The quantitative estimate of drug-likeness (QED) is 0.790. The Labute approximate surface area is 96.1 Å². The van der Waals surface area contributed by atoms with Gasteiger partial charge in [0.1, 0.15) is 0 Å². The number of hydrogen-bond donors (Lipinski definition) is 1. The maximum absolute atomic E-state index is 11.8. The molecule has 1 saturated heterocycles. The number of carbonyl (C=O) groups excluding carboxylic acids is 1. The lowest BCUT2D eigenvalue weighted by Crippen LogP contribution is -2.48. The molecule has 1 atom stereocenters. The molecule has 86 valence electrons. The predicted octanol–water partition coefficient (Wildman–Crippen LogP) is 0.746. The molecule has 1 aliphatic heterocycles. The van der Waals surface area contributed by atoms with Crippen molar-refractivity contribution in [2.24, 2.45) is 5.41 Å². The van der Waals surface area contributed by atoms with Gasteiger partial charge in [0.2, 0.25) is 0 Å². The Hall–Kier alpha value is -1.27. The van der Waals surface area contributed by atoms with Crippen molar-refractivity contribution >= 4 is 23.1 Å². The van der Waals surface area contributed by atoms with E-state index in [1.807, 2.05) is 0 Å². The first-order valence-electron chi connectivity index (χ1n) is 4.87. The third-order valence-electron chi connectivity index (χ3n) is 2.73. The fourth-order valence-electron chi connectivity index (χ4n) is 1.77. The van der Waals surface area contributed by atoms with Gasteiger partial charge in [0.05, 0.1) is 24.4 Å². The van der Waals surface area contributed by atoms with Crippen molar-refractivity contribution in [1.29, 1.82) is 0 Å². The number of ketones is 1. The molecule has 1 N–H and O–H groups in total. The summed E-state index contributed by atoms with van der Waals surface area (Å²) in [7, 11) is 0. The molecule has 0 bridgehead atoms. The number of Topliss-reactive ketones (excluding diaryl/α,β-unsaturated/α-hetero) is 1. The highest BCUT2D eigenvalue weighted by Gasteiger charge is 2.48. The standard InChI is InChI=1S/C10H11NO4S/c12-8-1-2-15-5-10(8,9(13)14)3-7-4-16-6-11-7/h4,6H,1-3,5H2,(H,13,14). The number of ether oxygens (including phenoxy) is 1. The molecular weight excluding hydrogens is 230 g/mol. The Morgan fingerprint density at radius 3 is 3.06 bits per heavy atom. The molecule has 2 rings (SSSR count). The van der Waals surface area contributed by atoms with Gasteiger partial charge in [0.15, 0.2) is 11.2 Å². The van der Waals surface area contributed by atoms with Gasteiger partial charge in [-0.3, -0.25) is 9.59 Å². The molecule has 6 heteroatoms. The van der Waals surface area contributed by atoms with Crippen LogP contribution in [0.5, 0.6) is 0 Å². The third-order valence-corrected chi connectivity index (χ3v) is 3.37. The van der Waals surface area contributed by atoms with Gasteiger partial charge in [-0.05, 0) is 0 Å². The van der Waals surface area contributed by atoms with Gasteiger partial charge in [0, 0.05) is 18.2 Å². The smallest absolute Gasteiger partial charge is 0.319 e. The minimum Gasteiger partial charge on any atom is -0.480 e. The predicted molar refractivity (Wildman–Crippen MR) is 56.3 cm³/mol. The minimum absolute atomic E-state index is 0.0569. The molecule has 1 aromatic heterocycles. The fourth-order valence-corrected chi connectivity index (χ4v) is 2.33. The first-order valence-corrected chi connectivity index (χ1v) is 5.81. The zero-order valence-corrected chi connectivity index (χ0v) is 9.33. The topological polar surface area (TPSA) is 76.5 Å². The van der Waals surface area contributed by atoms with Crippen molar-refractivity contribution in [3.63, 3.8) is 0 Å². The lowest BCUT2D eigenvalue weighted by Gasteiger charge is -2.30. The van der Waals surface area contributed by atoms with E-state index in [0.29, 0.717) is 12.3 Å². The monoisotopic (exact) mass is 241 g/mol. The number of hydrogen-bond acceptors (Lipinski definition) is 5. The van der Waals surface area contributed by atoms with Gasteiger partial charge in [-0.1, -0.05) is 0 Å². The van der Waals surface area contributed by atoms with Crippen LogP contribution in [0, 0.1) is 5.41 Å². The number of carboxylic acid groups (broad SMARTS) is 1. The molecule has 0 aliphatic carbocycles. The number of carbonyl (C=O) groups is 2. The third kappa shape index (κ3) is 1.85. The number of aliphatic carboxylic acids is 1. The van der Waals surface area contributed by atoms with Gasteiger partial charge in [-0.25, -0.2) is 4.98 Å². The highest BCUT2D eigenvalue weighted by molar-refractivity contribution is 7.07.